The smallest absolute Gasteiger partial charge is 0.261 e. The molecular formula is C29H32BrClN2O3. The van der Waals surface area contributed by atoms with Gasteiger partial charge in [0.1, 0.15) is 11.8 Å². The van der Waals surface area contributed by atoms with E-state index in [1.54, 1.807) is 11.0 Å². The van der Waals surface area contributed by atoms with Crippen LogP contribution in [0.1, 0.15) is 37.0 Å². The highest BCUT2D eigenvalue weighted by Gasteiger charge is 2.31. The maximum atomic E-state index is 13.6. The second-order valence-corrected chi connectivity index (χ2v) is 10.2. The molecule has 7 heteroatoms. The predicted molar refractivity (Wildman–Crippen MR) is 148 cm³/mol. The van der Waals surface area contributed by atoms with Gasteiger partial charge >= 0.3 is 0 Å². The predicted octanol–water partition coefficient (Wildman–Crippen LogP) is 6.34. The molecule has 0 bridgehead atoms. The van der Waals surface area contributed by atoms with E-state index in [2.05, 4.69) is 21.2 Å². The largest absolute Gasteiger partial charge is 0.484 e. The van der Waals surface area contributed by atoms with E-state index in [-0.39, 0.29) is 31.0 Å². The zero-order valence-corrected chi connectivity index (χ0v) is 23.2. The fourth-order valence-corrected chi connectivity index (χ4v) is 4.22. The summed E-state index contributed by atoms with van der Waals surface area (Å²) >= 11 is 9.71. The number of hydrogen-bond acceptors (Lipinski definition) is 3. The lowest BCUT2D eigenvalue weighted by molar-refractivity contribution is -0.143. The van der Waals surface area contributed by atoms with Gasteiger partial charge in [-0.15, -0.1) is 0 Å². The van der Waals surface area contributed by atoms with Crippen molar-refractivity contribution in [2.45, 2.75) is 52.2 Å². The fourth-order valence-electron chi connectivity index (χ4n) is 3.76. The molecule has 0 fully saturated rings. The average molecular weight is 572 g/mol. The molecule has 0 heterocycles. The van der Waals surface area contributed by atoms with Crippen LogP contribution < -0.4 is 10.1 Å². The topological polar surface area (TPSA) is 58.6 Å². The summed E-state index contributed by atoms with van der Waals surface area (Å²) in [6.45, 7) is 5.97. The monoisotopic (exact) mass is 570 g/mol. The van der Waals surface area contributed by atoms with E-state index < -0.39 is 6.04 Å². The van der Waals surface area contributed by atoms with Crippen molar-refractivity contribution in [1.82, 2.24) is 10.2 Å². The Morgan fingerprint density at radius 2 is 1.75 bits per heavy atom. The van der Waals surface area contributed by atoms with Crippen molar-refractivity contribution in [3.63, 3.8) is 0 Å². The number of ether oxygens (including phenoxy) is 1. The van der Waals surface area contributed by atoms with E-state index in [4.69, 9.17) is 16.3 Å². The third-order valence-corrected chi connectivity index (χ3v) is 7.13. The quantitative estimate of drug-likeness (QED) is 0.292. The number of amides is 2. The SMILES string of the molecule is CCC(C)NC(=O)C(Cc1ccccc1)N(Cc1cccc(Cl)c1)C(=O)COc1ccc(Br)c(C)c1. The minimum absolute atomic E-state index is 0.0131. The first-order chi connectivity index (χ1) is 17.3. The third kappa shape index (κ3) is 8.10. The Morgan fingerprint density at radius 3 is 2.42 bits per heavy atom. The molecule has 190 valence electrons. The van der Waals surface area contributed by atoms with Crippen LogP contribution in [0.25, 0.3) is 0 Å². The van der Waals surface area contributed by atoms with Gasteiger partial charge in [0.15, 0.2) is 6.61 Å². The van der Waals surface area contributed by atoms with E-state index in [0.29, 0.717) is 17.2 Å². The number of hydrogen-bond donors (Lipinski definition) is 1. The second kappa shape index (κ2) is 13.5. The zero-order chi connectivity index (χ0) is 26.1. The molecule has 1 N–H and O–H groups in total. The highest BCUT2D eigenvalue weighted by Crippen LogP contribution is 2.22. The first-order valence-corrected chi connectivity index (χ1v) is 13.2. The summed E-state index contributed by atoms with van der Waals surface area (Å²) in [4.78, 5) is 28.7. The van der Waals surface area contributed by atoms with Crippen molar-refractivity contribution < 1.29 is 14.3 Å². The lowest BCUT2D eigenvalue weighted by Gasteiger charge is -2.32. The van der Waals surface area contributed by atoms with Crippen molar-refractivity contribution in [3.05, 3.63) is 99.0 Å². The lowest BCUT2D eigenvalue weighted by Crippen LogP contribution is -2.53. The van der Waals surface area contributed by atoms with Crippen molar-refractivity contribution >= 4 is 39.3 Å². The molecule has 3 rings (SSSR count). The van der Waals surface area contributed by atoms with Gasteiger partial charge in [0.25, 0.3) is 5.91 Å². The molecule has 0 radical (unpaired) electrons. The lowest BCUT2D eigenvalue weighted by atomic mass is 10.0. The fraction of sp³-hybridized carbons (Fsp3) is 0.310. The Kier molecular flexibility index (Phi) is 10.4. The van der Waals surface area contributed by atoms with E-state index in [1.165, 1.54) is 0 Å². The highest BCUT2D eigenvalue weighted by atomic mass is 79.9. The van der Waals surface area contributed by atoms with Gasteiger partial charge < -0.3 is 15.0 Å². The normalized spacial score (nSPS) is 12.5. The van der Waals surface area contributed by atoms with Crippen LogP contribution in [0.3, 0.4) is 0 Å². The summed E-state index contributed by atoms with van der Waals surface area (Å²) in [5.41, 5.74) is 2.81. The van der Waals surface area contributed by atoms with E-state index in [0.717, 1.165) is 27.6 Å². The molecule has 2 atom stereocenters. The minimum Gasteiger partial charge on any atom is -0.484 e. The Hall–Kier alpha value is -2.83. The number of halogens is 2. The summed E-state index contributed by atoms with van der Waals surface area (Å²) in [6, 6.07) is 21.9. The van der Waals surface area contributed by atoms with Gasteiger partial charge in [-0.25, -0.2) is 0 Å². The standard InChI is InChI=1S/C29H32BrClN2O3/c1-4-21(3)32-29(35)27(17-22-9-6-5-7-10-22)33(18-23-11-8-12-24(31)16-23)28(34)19-36-25-13-14-26(30)20(2)15-25/h5-16,21,27H,4,17-19H2,1-3H3,(H,32,35). The van der Waals surface area contributed by atoms with Gasteiger partial charge in [-0.1, -0.05) is 76.9 Å². The summed E-state index contributed by atoms with van der Waals surface area (Å²) in [7, 11) is 0. The Morgan fingerprint density at radius 1 is 1.03 bits per heavy atom. The Bertz CT molecular complexity index is 1170. The molecule has 3 aromatic carbocycles. The second-order valence-electron chi connectivity index (χ2n) is 8.87. The van der Waals surface area contributed by atoms with Crippen molar-refractivity contribution in [1.29, 1.82) is 0 Å². The maximum absolute atomic E-state index is 13.6. The molecule has 0 aliphatic carbocycles. The molecule has 36 heavy (non-hydrogen) atoms. The molecule has 0 aliphatic heterocycles. The van der Waals surface area contributed by atoms with E-state index >= 15 is 0 Å². The van der Waals surface area contributed by atoms with Crippen LogP contribution in [0.2, 0.25) is 5.02 Å². The number of nitrogens with zero attached hydrogens (tertiary/aromatic N) is 1. The van der Waals surface area contributed by atoms with Crippen molar-refractivity contribution in [3.8, 4) is 5.75 Å². The molecule has 0 saturated carbocycles. The molecule has 2 unspecified atom stereocenters. The van der Waals surface area contributed by atoms with E-state index in [1.807, 2.05) is 87.5 Å². The number of carbonyl (C=O) groups is 2. The van der Waals surface area contributed by atoms with Crippen LogP contribution in [0.15, 0.2) is 77.3 Å². The first kappa shape index (κ1) is 27.8. The van der Waals surface area contributed by atoms with Crippen LogP contribution in [-0.4, -0.2) is 35.4 Å². The van der Waals surface area contributed by atoms with Crippen LogP contribution in [0.5, 0.6) is 5.75 Å². The van der Waals surface area contributed by atoms with Gasteiger partial charge in [-0.05, 0) is 67.3 Å². The summed E-state index contributed by atoms with van der Waals surface area (Å²) in [5.74, 6) is 0.120. The zero-order valence-electron chi connectivity index (χ0n) is 20.8. The van der Waals surface area contributed by atoms with Gasteiger partial charge in [0.05, 0.1) is 0 Å². The van der Waals surface area contributed by atoms with Gasteiger partial charge in [-0.3, -0.25) is 9.59 Å². The summed E-state index contributed by atoms with van der Waals surface area (Å²) in [6.07, 6.45) is 1.17. The third-order valence-electron chi connectivity index (χ3n) is 6.01. The number of benzene rings is 3. The van der Waals surface area contributed by atoms with Crippen LogP contribution in [-0.2, 0) is 22.6 Å². The molecule has 0 aromatic heterocycles. The summed E-state index contributed by atoms with van der Waals surface area (Å²) < 4.78 is 6.82. The summed E-state index contributed by atoms with van der Waals surface area (Å²) in [5, 5.41) is 3.64. The van der Waals surface area contributed by atoms with E-state index in [9.17, 15) is 9.59 Å². The Labute approximate surface area is 226 Å². The molecule has 0 saturated heterocycles. The Balaban J connectivity index is 1.91. The average Bonchev–Trinajstić information content (AvgIpc) is 2.87. The molecule has 3 aromatic rings. The number of aryl methyl sites for hydroxylation is 1. The van der Waals surface area contributed by atoms with Gasteiger partial charge in [-0.2, -0.15) is 0 Å². The molecular weight excluding hydrogens is 540 g/mol. The molecule has 0 spiro atoms. The van der Waals surface area contributed by atoms with Crippen LogP contribution in [0.4, 0.5) is 0 Å². The van der Waals surface area contributed by atoms with Gasteiger partial charge in [0, 0.05) is 28.5 Å². The molecule has 5 nitrogen and oxygen atoms in total. The maximum Gasteiger partial charge on any atom is 0.261 e. The van der Waals surface area contributed by atoms with Crippen LogP contribution in [0, 0.1) is 6.92 Å². The highest BCUT2D eigenvalue weighted by molar-refractivity contribution is 9.10. The number of nitrogens with one attached hydrogen (secondary N) is 1. The first-order valence-electron chi connectivity index (χ1n) is 12.0. The van der Waals surface area contributed by atoms with Crippen molar-refractivity contribution in [2.24, 2.45) is 0 Å². The minimum atomic E-state index is -0.719. The molecule has 0 aliphatic rings. The molecule has 2 amide bonds. The number of carbonyl (C=O) groups excluding carboxylic acids is 2. The van der Waals surface area contributed by atoms with Crippen molar-refractivity contribution in [2.75, 3.05) is 6.61 Å². The number of rotatable bonds is 11. The van der Waals surface area contributed by atoms with Gasteiger partial charge in [0.2, 0.25) is 5.91 Å². The van der Waals surface area contributed by atoms with Crippen LogP contribution >= 0.6 is 27.5 Å².